The van der Waals surface area contributed by atoms with Crippen molar-refractivity contribution in [1.82, 2.24) is 9.80 Å². The van der Waals surface area contributed by atoms with Crippen LogP contribution in [0.3, 0.4) is 0 Å². The summed E-state index contributed by atoms with van der Waals surface area (Å²) in [6, 6.07) is 0. The monoisotopic (exact) mass is 212 g/mol. The molecule has 0 aromatic carbocycles. The third-order valence-corrected chi connectivity index (χ3v) is 2.87. The zero-order chi connectivity index (χ0) is 10.7. The Morgan fingerprint density at radius 3 is 1.80 bits per heavy atom. The van der Waals surface area contributed by atoms with Crippen LogP contribution < -0.4 is 0 Å². The number of morpholine rings is 1. The standard InChI is InChI=1S/C10H16N2O3/c13-9(11-3-1-2-4-11)10(14)12-5-7-15-8-6-12/h1-8H2. The van der Waals surface area contributed by atoms with Crippen molar-refractivity contribution < 1.29 is 14.3 Å². The average Bonchev–Trinajstić information content (AvgIpc) is 2.82. The van der Waals surface area contributed by atoms with E-state index in [9.17, 15) is 9.59 Å². The molecule has 0 spiro atoms. The smallest absolute Gasteiger partial charge is 0.312 e. The predicted molar refractivity (Wildman–Crippen MR) is 53.2 cm³/mol. The first-order chi connectivity index (χ1) is 7.29. The van der Waals surface area contributed by atoms with Gasteiger partial charge in [-0.25, -0.2) is 0 Å². The van der Waals surface area contributed by atoms with Gasteiger partial charge in [0.15, 0.2) is 0 Å². The van der Waals surface area contributed by atoms with Crippen molar-refractivity contribution in [3.05, 3.63) is 0 Å². The second kappa shape index (κ2) is 4.61. The molecule has 0 aromatic heterocycles. The molecule has 2 heterocycles. The van der Waals surface area contributed by atoms with Crippen molar-refractivity contribution >= 4 is 11.8 Å². The Balaban J connectivity index is 1.90. The summed E-state index contributed by atoms with van der Waals surface area (Å²) in [7, 11) is 0. The molecule has 0 aromatic rings. The summed E-state index contributed by atoms with van der Waals surface area (Å²) in [5.74, 6) is -0.699. The summed E-state index contributed by atoms with van der Waals surface area (Å²) >= 11 is 0. The van der Waals surface area contributed by atoms with E-state index in [4.69, 9.17) is 4.74 Å². The Kier molecular flexibility index (Phi) is 3.20. The Morgan fingerprint density at radius 1 is 0.800 bits per heavy atom. The van der Waals surface area contributed by atoms with Gasteiger partial charge in [0.05, 0.1) is 13.2 Å². The maximum Gasteiger partial charge on any atom is 0.312 e. The molecule has 5 nitrogen and oxygen atoms in total. The molecule has 0 atom stereocenters. The maximum atomic E-state index is 11.8. The lowest BCUT2D eigenvalue weighted by atomic mass is 10.3. The highest BCUT2D eigenvalue weighted by molar-refractivity contribution is 6.34. The molecule has 0 saturated carbocycles. The molecule has 0 unspecified atom stereocenters. The van der Waals surface area contributed by atoms with Gasteiger partial charge in [0, 0.05) is 26.2 Å². The highest BCUT2D eigenvalue weighted by Crippen LogP contribution is 2.09. The van der Waals surface area contributed by atoms with Crippen LogP contribution in [0.5, 0.6) is 0 Å². The average molecular weight is 212 g/mol. The van der Waals surface area contributed by atoms with E-state index in [1.54, 1.807) is 9.80 Å². The van der Waals surface area contributed by atoms with Crippen LogP contribution in [-0.2, 0) is 14.3 Å². The fourth-order valence-corrected chi connectivity index (χ4v) is 1.96. The zero-order valence-corrected chi connectivity index (χ0v) is 8.78. The molecule has 2 aliphatic rings. The normalized spacial score (nSPS) is 21.9. The van der Waals surface area contributed by atoms with Crippen molar-refractivity contribution in [2.24, 2.45) is 0 Å². The van der Waals surface area contributed by atoms with Gasteiger partial charge < -0.3 is 14.5 Å². The number of carbonyl (C=O) groups is 2. The lowest BCUT2D eigenvalue weighted by Gasteiger charge is -2.27. The number of likely N-dealkylation sites (tertiary alicyclic amines) is 1. The quantitative estimate of drug-likeness (QED) is 0.507. The van der Waals surface area contributed by atoms with Gasteiger partial charge in [-0.15, -0.1) is 0 Å². The van der Waals surface area contributed by atoms with E-state index in [2.05, 4.69) is 0 Å². The van der Waals surface area contributed by atoms with E-state index >= 15 is 0 Å². The molecule has 0 aliphatic carbocycles. The van der Waals surface area contributed by atoms with Crippen molar-refractivity contribution in [2.75, 3.05) is 39.4 Å². The Bertz CT molecular complexity index is 255. The predicted octanol–water partition coefficient (Wildman–Crippen LogP) is -0.532. The minimum Gasteiger partial charge on any atom is -0.378 e. The van der Waals surface area contributed by atoms with E-state index in [0.717, 1.165) is 25.9 Å². The molecule has 0 N–H and O–H groups in total. The topological polar surface area (TPSA) is 49.9 Å². The van der Waals surface area contributed by atoms with Gasteiger partial charge in [-0.2, -0.15) is 0 Å². The summed E-state index contributed by atoms with van der Waals surface area (Å²) in [4.78, 5) is 26.7. The first-order valence-corrected chi connectivity index (χ1v) is 5.45. The van der Waals surface area contributed by atoms with Crippen molar-refractivity contribution in [1.29, 1.82) is 0 Å². The highest BCUT2D eigenvalue weighted by atomic mass is 16.5. The summed E-state index contributed by atoms with van der Waals surface area (Å²) in [6.45, 7) is 3.62. The van der Waals surface area contributed by atoms with Gasteiger partial charge in [0.25, 0.3) is 0 Å². The molecule has 2 aliphatic heterocycles. The van der Waals surface area contributed by atoms with Crippen LogP contribution >= 0.6 is 0 Å². The SMILES string of the molecule is O=C(C(=O)N1CCOCC1)N1CCCC1. The number of nitrogens with zero attached hydrogens (tertiary/aromatic N) is 2. The largest absolute Gasteiger partial charge is 0.378 e. The van der Waals surface area contributed by atoms with E-state index in [1.807, 2.05) is 0 Å². The highest BCUT2D eigenvalue weighted by Gasteiger charge is 2.29. The summed E-state index contributed by atoms with van der Waals surface area (Å²) in [5.41, 5.74) is 0. The van der Waals surface area contributed by atoms with Gasteiger partial charge in [-0.05, 0) is 12.8 Å². The van der Waals surface area contributed by atoms with E-state index in [0.29, 0.717) is 26.3 Å². The minimum atomic E-state index is -0.361. The molecular formula is C10H16N2O3. The lowest BCUT2D eigenvalue weighted by molar-refractivity contribution is -0.153. The number of amides is 2. The molecule has 2 fully saturated rings. The molecule has 5 heteroatoms. The third kappa shape index (κ3) is 2.28. The molecular weight excluding hydrogens is 196 g/mol. The van der Waals surface area contributed by atoms with Crippen LogP contribution in [0.15, 0.2) is 0 Å². The van der Waals surface area contributed by atoms with Crippen LogP contribution in [0.1, 0.15) is 12.8 Å². The second-order valence-corrected chi connectivity index (χ2v) is 3.90. The maximum absolute atomic E-state index is 11.8. The van der Waals surface area contributed by atoms with Crippen molar-refractivity contribution in [3.63, 3.8) is 0 Å². The van der Waals surface area contributed by atoms with Crippen LogP contribution in [-0.4, -0.2) is 61.0 Å². The Hall–Kier alpha value is -1.10. The van der Waals surface area contributed by atoms with E-state index in [-0.39, 0.29) is 11.8 Å². The number of rotatable bonds is 0. The van der Waals surface area contributed by atoms with Crippen LogP contribution in [0.25, 0.3) is 0 Å². The van der Waals surface area contributed by atoms with Gasteiger partial charge in [0.2, 0.25) is 0 Å². The molecule has 2 rings (SSSR count). The summed E-state index contributed by atoms with van der Waals surface area (Å²) in [6.07, 6.45) is 2.03. The van der Waals surface area contributed by atoms with E-state index < -0.39 is 0 Å². The molecule has 15 heavy (non-hydrogen) atoms. The zero-order valence-electron chi connectivity index (χ0n) is 8.78. The minimum absolute atomic E-state index is 0.339. The lowest BCUT2D eigenvalue weighted by Crippen LogP contribution is -2.48. The molecule has 0 bridgehead atoms. The number of hydrogen-bond acceptors (Lipinski definition) is 3. The number of carbonyl (C=O) groups excluding carboxylic acids is 2. The van der Waals surface area contributed by atoms with E-state index in [1.165, 1.54) is 0 Å². The van der Waals surface area contributed by atoms with Crippen LogP contribution in [0.4, 0.5) is 0 Å². The van der Waals surface area contributed by atoms with Gasteiger partial charge in [-0.1, -0.05) is 0 Å². The van der Waals surface area contributed by atoms with Crippen LogP contribution in [0, 0.1) is 0 Å². The summed E-state index contributed by atoms with van der Waals surface area (Å²) in [5, 5.41) is 0. The summed E-state index contributed by atoms with van der Waals surface area (Å²) < 4.78 is 5.14. The van der Waals surface area contributed by atoms with Crippen LogP contribution in [0.2, 0.25) is 0 Å². The Labute approximate surface area is 89.0 Å². The van der Waals surface area contributed by atoms with Crippen molar-refractivity contribution in [2.45, 2.75) is 12.8 Å². The number of ether oxygens (including phenoxy) is 1. The molecule has 2 amide bonds. The molecule has 84 valence electrons. The number of hydrogen-bond donors (Lipinski definition) is 0. The van der Waals surface area contributed by atoms with Gasteiger partial charge >= 0.3 is 11.8 Å². The van der Waals surface area contributed by atoms with Gasteiger partial charge in [0.1, 0.15) is 0 Å². The fourth-order valence-electron chi connectivity index (χ4n) is 1.96. The first kappa shape index (κ1) is 10.4. The van der Waals surface area contributed by atoms with Gasteiger partial charge in [-0.3, -0.25) is 9.59 Å². The molecule has 0 radical (unpaired) electrons. The first-order valence-electron chi connectivity index (χ1n) is 5.45. The Morgan fingerprint density at radius 2 is 1.27 bits per heavy atom. The molecule has 2 saturated heterocycles. The second-order valence-electron chi connectivity index (χ2n) is 3.90. The van der Waals surface area contributed by atoms with Crippen molar-refractivity contribution in [3.8, 4) is 0 Å². The third-order valence-electron chi connectivity index (χ3n) is 2.87. The fraction of sp³-hybridized carbons (Fsp3) is 0.800.